The highest BCUT2D eigenvalue weighted by molar-refractivity contribution is 5.64. The smallest absolute Gasteiger partial charge is 0.207 e. The molecule has 0 aliphatic heterocycles. The van der Waals surface area contributed by atoms with Crippen LogP contribution < -0.4 is 5.32 Å². The Labute approximate surface area is 59.6 Å². The fourth-order valence-corrected chi connectivity index (χ4v) is 0.511. The highest BCUT2D eigenvalue weighted by Gasteiger charge is 2.13. The summed E-state index contributed by atoms with van der Waals surface area (Å²) in [6.07, 6.45) is 0.847. The van der Waals surface area contributed by atoms with Crippen LogP contribution in [0.25, 0.3) is 0 Å². The fraction of sp³-hybridized carbons (Fsp3) is 0.667. The minimum Gasteiger partial charge on any atom is -0.379 e. The highest BCUT2D eigenvalue weighted by Crippen LogP contribution is 1.92. The first-order chi connectivity index (χ1) is 4.76. The first-order valence-electron chi connectivity index (χ1n) is 2.94. The Kier molecular flexibility index (Phi) is 4.49. The van der Waals surface area contributed by atoms with Crippen LogP contribution in [0.15, 0.2) is 0 Å². The van der Waals surface area contributed by atoms with Gasteiger partial charge in [-0.05, 0) is 6.92 Å². The third-order valence-corrected chi connectivity index (χ3v) is 1.28. The van der Waals surface area contributed by atoms with Gasteiger partial charge in [-0.3, -0.25) is 4.79 Å². The zero-order valence-electron chi connectivity index (χ0n) is 6.03. The summed E-state index contributed by atoms with van der Waals surface area (Å²) in [5, 5.41) is 2.31. The number of rotatable bonds is 5. The van der Waals surface area contributed by atoms with Crippen LogP contribution in [-0.2, 0) is 14.3 Å². The summed E-state index contributed by atoms with van der Waals surface area (Å²) in [5.41, 5.74) is 0. The zero-order valence-corrected chi connectivity index (χ0v) is 6.03. The Morgan fingerprint density at radius 2 is 2.10 bits per heavy atom. The van der Waals surface area contributed by atoms with Crippen molar-refractivity contribution in [2.75, 3.05) is 7.11 Å². The average Bonchev–Trinajstić information content (AvgIpc) is 1.99. The number of nitrogens with one attached hydrogen (secondary N) is 1. The summed E-state index contributed by atoms with van der Waals surface area (Å²) in [6.45, 7) is 1.70. The van der Waals surface area contributed by atoms with E-state index >= 15 is 0 Å². The maximum atomic E-state index is 10.2. The molecule has 0 aromatic carbocycles. The van der Waals surface area contributed by atoms with Crippen molar-refractivity contribution < 1.29 is 14.3 Å². The van der Waals surface area contributed by atoms with E-state index in [0.29, 0.717) is 12.7 Å². The minimum atomic E-state index is -0.539. The predicted octanol–water partition coefficient (Wildman–Crippen LogP) is -0.665. The quantitative estimate of drug-likeness (QED) is 0.522. The molecule has 10 heavy (non-hydrogen) atoms. The highest BCUT2D eigenvalue weighted by atomic mass is 16.5. The molecule has 0 radical (unpaired) electrons. The zero-order chi connectivity index (χ0) is 7.98. The van der Waals surface area contributed by atoms with Gasteiger partial charge in [0.1, 0.15) is 12.3 Å². The summed E-state index contributed by atoms with van der Waals surface area (Å²) in [4.78, 5) is 20.1. The van der Waals surface area contributed by atoms with Gasteiger partial charge in [0, 0.05) is 7.11 Å². The van der Waals surface area contributed by atoms with E-state index in [2.05, 4.69) is 5.32 Å². The summed E-state index contributed by atoms with van der Waals surface area (Å²) < 4.78 is 4.80. The van der Waals surface area contributed by atoms with E-state index in [1.165, 1.54) is 7.11 Å². The van der Waals surface area contributed by atoms with Crippen molar-refractivity contribution in [3.05, 3.63) is 0 Å². The molecule has 0 bridgehead atoms. The third-order valence-electron chi connectivity index (χ3n) is 1.28. The van der Waals surface area contributed by atoms with Gasteiger partial charge < -0.3 is 14.8 Å². The number of hydrogen-bond donors (Lipinski definition) is 1. The van der Waals surface area contributed by atoms with Crippen molar-refractivity contribution in [2.45, 2.75) is 19.1 Å². The van der Waals surface area contributed by atoms with Gasteiger partial charge in [0.2, 0.25) is 6.41 Å². The van der Waals surface area contributed by atoms with Crippen molar-refractivity contribution in [2.24, 2.45) is 0 Å². The van der Waals surface area contributed by atoms with E-state index in [1.807, 2.05) is 0 Å². The van der Waals surface area contributed by atoms with Crippen LogP contribution >= 0.6 is 0 Å². The molecule has 0 spiro atoms. The van der Waals surface area contributed by atoms with Gasteiger partial charge in [-0.15, -0.1) is 0 Å². The summed E-state index contributed by atoms with van der Waals surface area (Å²) >= 11 is 0. The molecule has 2 atom stereocenters. The molecule has 0 aromatic heterocycles. The maximum absolute atomic E-state index is 10.2. The van der Waals surface area contributed by atoms with E-state index in [4.69, 9.17) is 4.74 Å². The first kappa shape index (κ1) is 9.10. The maximum Gasteiger partial charge on any atom is 0.207 e. The monoisotopic (exact) mass is 145 g/mol. The molecule has 0 aliphatic carbocycles. The predicted molar refractivity (Wildman–Crippen MR) is 35.5 cm³/mol. The standard InChI is InChI=1S/C6H11NO3/c1-5(10-2)6(3-8)7-4-9/h3-6H,1-2H3,(H,7,9). The van der Waals surface area contributed by atoms with Crippen molar-refractivity contribution in [3.8, 4) is 0 Å². The number of carbonyl (C=O) groups excluding carboxylic acids is 2. The average molecular weight is 145 g/mol. The van der Waals surface area contributed by atoms with Gasteiger partial charge in [0.15, 0.2) is 0 Å². The van der Waals surface area contributed by atoms with Gasteiger partial charge >= 0.3 is 0 Å². The number of aldehydes is 1. The lowest BCUT2D eigenvalue weighted by atomic mass is 10.2. The van der Waals surface area contributed by atoms with E-state index in [0.717, 1.165) is 0 Å². The second-order valence-corrected chi connectivity index (χ2v) is 1.89. The van der Waals surface area contributed by atoms with Gasteiger partial charge in [0.25, 0.3) is 0 Å². The number of carbonyl (C=O) groups is 2. The fourth-order valence-electron chi connectivity index (χ4n) is 0.511. The molecule has 0 saturated heterocycles. The first-order valence-corrected chi connectivity index (χ1v) is 2.94. The van der Waals surface area contributed by atoms with E-state index in [1.54, 1.807) is 6.92 Å². The molecular weight excluding hydrogens is 134 g/mol. The van der Waals surface area contributed by atoms with Crippen LogP contribution in [0.1, 0.15) is 6.92 Å². The van der Waals surface area contributed by atoms with Crippen molar-refractivity contribution in [1.82, 2.24) is 5.32 Å². The Morgan fingerprint density at radius 3 is 2.40 bits per heavy atom. The second kappa shape index (κ2) is 4.93. The van der Waals surface area contributed by atoms with Crippen LogP contribution in [0.4, 0.5) is 0 Å². The molecule has 0 rings (SSSR count). The molecular formula is C6H11NO3. The van der Waals surface area contributed by atoms with Crippen LogP contribution in [0.2, 0.25) is 0 Å². The Bertz CT molecular complexity index is 116. The third kappa shape index (κ3) is 2.59. The molecule has 1 N–H and O–H groups in total. The normalized spacial score (nSPS) is 15.4. The van der Waals surface area contributed by atoms with E-state index in [9.17, 15) is 9.59 Å². The lowest BCUT2D eigenvalue weighted by molar-refractivity contribution is -0.118. The molecule has 4 heteroatoms. The number of ether oxygens (including phenoxy) is 1. The molecule has 0 heterocycles. The molecule has 0 fully saturated rings. The van der Waals surface area contributed by atoms with Gasteiger partial charge in [0.05, 0.1) is 6.10 Å². The van der Waals surface area contributed by atoms with Crippen molar-refractivity contribution >= 4 is 12.7 Å². The lowest BCUT2D eigenvalue weighted by Crippen LogP contribution is -2.39. The van der Waals surface area contributed by atoms with Crippen LogP contribution in [0, 0.1) is 0 Å². The number of amides is 1. The Hall–Kier alpha value is -0.900. The van der Waals surface area contributed by atoms with Crippen molar-refractivity contribution in [3.63, 3.8) is 0 Å². The Morgan fingerprint density at radius 1 is 1.50 bits per heavy atom. The van der Waals surface area contributed by atoms with Gasteiger partial charge in [-0.25, -0.2) is 0 Å². The second-order valence-electron chi connectivity index (χ2n) is 1.89. The molecule has 0 saturated carbocycles. The molecule has 0 aromatic rings. The molecule has 0 aliphatic rings. The summed E-state index contributed by atoms with van der Waals surface area (Å²) in [6, 6.07) is -0.539. The molecule has 1 amide bonds. The summed E-state index contributed by atoms with van der Waals surface area (Å²) in [7, 11) is 1.48. The molecule has 58 valence electrons. The van der Waals surface area contributed by atoms with E-state index in [-0.39, 0.29) is 6.10 Å². The van der Waals surface area contributed by atoms with Crippen LogP contribution in [0.3, 0.4) is 0 Å². The van der Waals surface area contributed by atoms with Crippen LogP contribution in [-0.4, -0.2) is 32.0 Å². The molecule has 2 unspecified atom stereocenters. The number of methoxy groups -OCH3 is 1. The SMILES string of the molecule is COC(C)C(C=O)NC=O. The topological polar surface area (TPSA) is 55.4 Å². The van der Waals surface area contributed by atoms with Gasteiger partial charge in [-0.1, -0.05) is 0 Å². The summed E-state index contributed by atoms with van der Waals surface area (Å²) in [5.74, 6) is 0. The largest absolute Gasteiger partial charge is 0.379 e. The Balaban J connectivity index is 3.78. The minimum absolute atomic E-state index is 0.275. The molecule has 4 nitrogen and oxygen atoms in total. The van der Waals surface area contributed by atoms with Crippen molar-refractivity contribution in [1.29, 1.82) is 0 Å². The van der Waals surface area contributed by atoms with E-state index < -0.39 is 6.04 Å². The number of hydrogen-bond acceptors (Lipinski definition) is 3. The van der Waals surface area contributed by atoms with Crippen LogP contribution in [0.5, 0.6) is 0 Å². The van der Waals surface area contributed by atoms with Gasteiger partial charge in [-0.2, -0.15) is 0 Å². The lowest BCUT2D eigenvalue weighted by Gasteiger charge is -2.15.